The number of hydrogen-bond donors (Lipinski definition) is 2. The minimum Gasteiger partial charge on any atom is -0.480 e. The van der Waals surface area contributed by atoms with Gasteiger partial charge in [-0.05, 0) is 12.5 Å². The highest BCUT2D eigenvalue weighted by atomic mass is 32.1. The normalized spacial score (nSPS) is 10.4. The third-order valence-electron chi connectivity index (χ3n) is 3.56. The van der Waals surface area contributed by atoms with Gasteiger partial charge in [0.2, 0.25) is 0 Å². The highest BCUT2D eigenvalue weighted by molar-refractivity contribution is 7.18. The van der Waals surface area contributed by atoms with Crippen LogP contribution in [-0.2, 0) is 16.1 Å². The Kier molecular flexibility index (Phi) is 5.95. The summed E-state index contributed by atoms with van der Waals surface area (Å²) in [6.45, 7) is 1.21. The number of carbonyl (C=O) groups excluding carboxylic acids is 3. The van der Waals surface area contributed by atoms with Gasteiger partial charge in [-0.15, -0.1) is 11.3 Å². The monoisotopic (exact) mass is 394 g/mol. The minimum atomic E-state index is -1.10. The molecule has 11 heteroatoms. The van der Waals surface area contributed by atoms with Gasteiger partial charge >= 0.3 is 11.9 Å². The van der Waals surface area contributed by atoms with Crippen LogP contribution in [0.1, 0.15) is 36.0 Å². The van der Waals surface area contributed by atoms with Crippen molar-refractivity contribution in [3.63, 3.8) is 0 Å². The molecule has 0 spiro atoms. The zero-order valence-corrected chi connectivity index (χ0v) is 15.9. The average Bonchev–Trinajstić information content (AvgIpc) is 3.17. The number of carboxylic acids is 1. The van der Waals surface area contributed by atoms with Crippen LogP contribution in [0, 0.1) is 6.92 Å². The van der Waals surface area contributed by atoms with Gasteiger partial charge in [0.1, 0.15) is 11.5 Å². The van der Waals surface area contributed by atoms with Gasteiger partial charge in [0.15, 0.2) is 0 Å². The molecule has 2 aromatic rings. The number of thiophene rings is 1. The number of amides is 2. The van der Waals surface area contributed by atoms with Gasteiger partial charge in [0.05, 0.1) is 29.3 Å². The van der Waals surface area contributed by atoms with E-state index < -0.39 is 17.8 Å². The van der Waals surface area contributed by atoms with Gasteiger partial charge in [0.25, 0.3) is 11.8 Å². The lowest BCUT2D eigenvalue weighted by Crippen LogP contribution is -2.21. The van der Waals surface area contributed by atoms with E-state index in [1.165, 1.54) is 24.4 Å². The highest BCUT2D eigenvalue weighted by Crippen LogP contribution is 2.34. The van der Waals surface area contributed by atoms with Crippen LogP contribution >= 0.6 is 11.3 Å². The van der Waals surface area contributed by atoms with E-state index in [-0.39, 0.29) is 28.6 Å². The summed E-state index contributed by atoms with van der Waals surface area (Å²) in [6, 6.07) is 0. The number of nitrogens with one attached hydrogen (secondary N) is 1. The maximum Gasteiger partial charge on any atom is 0.341 e. The highest BCUT2D eigenvalue weighted by Gasteiger charge is 2.27. The largest absolute Gasteiger partial charge is 0.480 e. The fourth-order valence-electron chi connectivity index (χ4n) is 2.24. The van der Waals surface area contributed by atoms with E-state index in [1.54, 1.807) is 21.0 Å². The summed E-state index contributed by atoms with van der Waals surface area (Å²) in [5, 5.41) is 15.3. The molecular formula is C16H18N4O6S. The Balaban J connectivity index is 2.36. The van der Waals surface area contributed by atoms with Crippen LogP contribution in [-0.4, -0.2) is 64.7 Å². The molecule has 0 aromatic carbocycles. The molecular weight excluding hydrogens is 376 g/mol. The predicted molar refractivity (Wildman–Crippen MR) is 96.2 cm³/mol. The summed E-state index contributed by atoms with van der Waals surface area (Å²) in [6.07, 6.45) is 2.48. The second-order valence-corrected chi connectivity index (χ2v) is 6.75. The molecule has 144 valence electrons. The molecule has 10 nitrogen and oxygen atoms in total. The van der Waals surface area contributed by atoms with Gasteiger partial charge in [-0.25, -0.2) is 4.79 Å². The van der Waals surface area contributed by atoms with Gasteiger partial charge in [-0.2, -0.15) is 5.10 Å². The fraction of sp³-hybridized carbons (Fsp3) is 0.312. The van der Waals surface area contributed by atoms with Crippen molar-refractivity contribution in [2.24, 2.45) is 0 Å². The van der Waals surface area contributed by atoms with E-state index in [4.69, 9.17) is 9.84 Å². The van der Waals surface area contributed by atoms with Gasteiger partial charge < -0.3 is 20.1 Å². The van der Waals surface area contributed by atoms with E-state index in [2.05, 4.69) is 10.4 Å². The second kappa shape index (κ2) is 7.99. The minimum absolute atomic E-state index is 0.0963. The maximum absolute atomic E-state index is 12.4. The molecule has 0 radical (unpaired) electrons. The van der Waals surface area contributed by atoms with Crippen molar-refractivity contribution in [1.29, 1.82) is 0 Å². The Bertz CT molecular complexity index is 914. The average molecular weight is 394 g/mol. The molecule has 27 heavy (non-hydrogen) atoms. The molecule has 0 saturated carbocycles. The lowest BCUT2D eigenvalue weighted by atomic mass is 10.1. The first-order valence-electron chi connectivity index (χ1n) is 7.64. The zero-order chi connectivity index (χ0) is 20.3. The summed E-state index contributed by atoms with van der Waals surface area (Å²) in [4.78, 5) is 49.3. The molecule has 0 saturated heterocycles. The number of ether oxygens (including phenoxy) is 1. The van der Waals surface area contributed by atoms with E-state index >= 15 is 0 Å². The number of anilines is 1. The van der Waals surface area contributed by atoms with Gasteiger partial charge in [0, 0.05) is 20.3 Å². The summed E-state index contributed by atoms with van der Waals surface area (Å²) in [5.41, 5.74) is 0.611. The number of methoxy groups -OCH3 is 1. The van der Waals surface area contributed by atoms with E-state index in [9.17, 15) is 19.2 Å². The lowest BCUT2D eigenvalue weighted by Gasteiger charge is -2.08. The molecule has 0 atom stereocenters. The second-order valence-electron chi connectivity index (χ2n) is 5.73. The van der Waals surface area contributed by atoms with E-state index in [0.717, 1.165) is 16.0 Å². The smallest absolute Gasteiger partial charge is 0.341 e. The van der Waals surface area contributed by atoms with Crippen LogP contribution < -0.4 is 5.32 Å². The summed E-state index contributed by atoms with van der Waals surface area (Å²) >= 11 is 0.961. The molecule has 2 rings (SSSR count). The summed E-state index contributed by atoms with van der Waals surface area (Å²) < 4.78 is 5.85. The summed E-state index contributed by atoms with van der Waals surface area (Å²) in [5.74, 6) is -2.68. The topological polar surface area (TPSA) is 131 Å². The number of esters is 1. The Labute approximate surface area is 158 Å². The van der Waals surface area contributed by atoms with Gasteiger partial charge in [-0.3, -0.25) is 19.1 Å². The zero-order valence-electron chi connectivity index (χ0n) is 15.1. The molecule has 0 unspecified atom stereocenters. The Morgan fingerprint density at radius 2 is 2.00 bits per heavy atom. The van der Waals surface area contributed by atoms with E-state index in [0.29, 0.717) is 10.4 Å². The number of carboxylic acid groups (broad SMARTS) is 1. The Morgan fingerprint density at radius 3 is 2.56 bits per heavy atom. The van der Waals surface area contributed by atoms with Crippen molar-refractivity contribution in [3.05, 3.63) is 34.0 Å². The Hall–Kier alpha value is -3.21. The number of hydrogen-bond acceptors (Lipinski definition) is 7. The molecule has 0 bridgehead atoms. The molecule has 2 amide bonds. The van der Waals surface area contributed by atoms with Crippen molar-refractivity contribution in [1.82, 2.24) is 14.7 Å². The van der Waals surface area contributed by atoms with Crippen molar-refractivity contribution in [3.8, 4) is 0 Å². The first kappa shape index (κ1) is 20.1. The SMILES string of the molecule is COC(=O)c1c(NC(=O)c2cnn(CC(=O)O)c2)sc(C(=O)N(C)C)c1C. The molecule has 0 aliphatic rings. The van der Waals surface area contributed by atoms with Crippen molar-refractivity contribution >= 4 is 40.1 Å². The molecule has 0 fully saturated rings. The maximum atomic E-state index is 12.4. The quantitative estimate of drug-likeness (QED) is 0.701. The number of rotatable bonds is 6. The van der Waals surface area contributed by atoms with Crippen LogP contribution in [0.25, 0.3) is 0 Å². The third kappa shape index (κ3) is 4.31. The number of aromatic nitrogens is 2. The van der Waals surface area contributed by atoms with Crippen LogP contribution in [0.4, 0.5) is 5.00 Å². The first-order chi connectivity index (χ1) is 12.6. The molecule has 2 N–H and O–H groups in total. The molecule has 0 aliphatic carbocycles. The number of nitrogens with zero attached hydrogens (tertiary/aromatic N) is 3. The molecule has 0 aliphatic heterocycles. The van der Waals surface area contributed by atoms with Crippen molar-refractivity contribution in [2.75, 3.05) is 26.5 Å². The van der Waals surface area contributed by atoms with Crippen molar-refractivity contribution in [2.45, 2.75) is 13.5 Å². The Morgan fingerprint density at radius 1 is 1.33 bits per heavy atom. The lowest BCUT2D eigenvalue weighted by molar-refractivity contribution is -0.137. The number of carbonyl (C=O) groups is 4. The third-order valence-corrected chi connectivity index (χ3v) is 4.75. The van der Waals surface area contributed by atoms with Gasteiger partial charge in [-0.1, -0.05) is 0 Å². The van der Waals surface area contributed by atoms with E-state index in [1.807, 2.05) is 0 Å². The number of aliphatic carboxylic acids is 1. The summed E-state index contributed by atoms with van der Waals surface area (Å²) in [7, 11) is 4.36. The first-order valence-corrected chi connectivity index (χ1v) is 8.46. The molecule has 2 aromatic heterocycles. The van der Waals surface area contributed by atoms with Crippen molar-refractivity contribution < 1.29 is 29.0 Å². The molecule has 2 heterocycles. The predicted octanol–water partition coefficient (Wildman–Crippen LogP) is 1.08. The van der Waals surface area contributed by atoms with Crippen LogP contribution in [0.2, 0.25) is 0 Å². The van der Waals surface area contributed by atoms with Crippen LogP contribution in [0.3, 0.4) is 0 Å². The fourth-order valence-corrected chi connectivity index (χ4v) is 3.45. The van der Waals surface area contributed by atoms with Crippen LogP contribution in [0.15, 0.2) is 12.4 Å². The standard InChI is InChI=1S/C16H18N4O6S/c1-8-11(16(25)26-4)14(27-12(8)15(24)19(2)3)18-13(23)9-5-17-20(6-9)7-10(21)22/h5-6H,7H2,1-4H3,(H,18,23)(H,21,22). The van der Waals surface area contributed by atoms with Crippen LogP contribution in [0.5, 0.6) is 0 Å².